The monoisotopic (exact) mass is 319 g/mol. The number of hydrogen-bond donors (Lipinski definition) is 1. The number of methoxy groups -OCH3 is 1. The van der Waals surface area contributed by atoms with E-state index in [1.807, 2.05) is 25.1 Å². The van der Waals surface area contributed by atoms with E-state index in [-0.39, 0.29) is 0 Å². The molecule has 0 saturated heterocycles. The Morgan fingerprint density at radius 3 is 2.55 bits per heavy atom. The molecular weight excluding hydrogens is 298 g/mol. The molecule has 2 aromatic rings. The van der Waals surface area contributed by atoms with E-state index in [1.54, 1.807) is 7.11 Å². The van der Waals surface area contributed by atoms with Crippen molar-refractivity contribution in [3.8, 4) is 11.5 Å². The summed E-state index contributed by atoms with van der Waals surface area (Å²) in [4.78, 5) is 0. The van der Waals surface area contributed by atoms with E-state index in [9.17, 15) is 0 Å². The molecule has 0 saturated carbocycles. The molecule has 22 heavy (non-hydrogen) atoms. The van der Waals surface area contributed by atoms with Gasteiger partial charge in [0.05, 0.1) is 18.7 Å². The highest BCUT2D eigenvalue weighted by Gasteiger charge is 2.11. The number of halogens is 1. The summed E-state index contributed by atoms with van der Waals surface area (Å²) >= 11 is 6.27. The molecule has 0 unspecified atom stereocenters. The van der Waals surface area contributed by atoms with Crippen LogP contribution in [0.4, 0.5) is 0 Å². The molecule has 1 N–H and O–H groups in total. The van der Waals surface area contributed by atoms with Crippen LogP contribution in [-0.4, -0.2) is 20.3 Å². The van der Waals surface area contributed by atoms with Gasteiger partial charge >= 0.3 is 0 Å². The van der Waals surface area contributed by atoms with Gasteiger partial charge in [-0.25, -0.2) is 0 Å². The van der Waals surface area contributed by atoms with Crippen LogP contribution in [0.15, 0.2) is 42.5 Å². The van der Waals surface area contributed by atoms with Crippen molar-refractivity contribution in [3.63, 3.8) is 0 Å². The van der Waals surface area contributed by atoms with Crippen LogP contribution < -0.4 is 14.8 Å². The lowest BCUT2D eigenvalue weighted by atomic mass is 10.1. The van der Waals surface area contributed by atoms with Crippen molar-refractivity contribution in [3.05, 3.63) is 58.6 Å². The van der Waals surface area contributed by atoms with Crippen LogP contribution in [-0.2, 0) is 13.0 Å². The van der Waals surface area contributed by atoms with Crippen LogP contribution >= 0.6 is 11.6 Å². The lowest BCUT2D eigenvalue weighted by Gasteiger charge is -2.13. The Labute approximate surface area is 137 Å². The molecule has 0 aliphatic rings. The molecular formula is C18H22ClNO2. The van der Waals surface area contributed by atoms with E-state index in [4.69, 9.17) is 21.1 Å². The third-order valence-electron chi connectivity index (χ3n) is 3.34. The van der Waals surface area contributed by atoms with Gasteiger partial charge in [-0.2, -0.15) is 0 Å². The zero-order valence-corrected chi connectivity index (χ0v) is 13.8. The topological polar surface area (TPSA) is 30.5 Å². The fourth-order valence-corrected chi connectivity index (χ4v) is 2.56. The SMILES string of the molecule is CCOc1c(Cl)cc(CNCCc2ccccc2)cc1OC. The predicted octanol–water partition coefficient (Wildman–Crippen LogP) is 4.08. The maximum absolute atomic E-state index is 6.27. The number of ether oxygens (including phenoxy) is 2. The van der Waals surface area contributed by atoms with Crippen LogP contribution in [0.1, 0.15) is 18.1 Å². The maximum Gasteiger partial charge on any atom is 0.179 e. The van der Waals surface area contributed by atoms with E-state index in [2.05, 4.69) is 29.6 Å². The van der Waals surface area contributed by atoms with Crippen molar-refractivity contribution in [2.75, 3.05) is 20.3 Å². The Balaban J connectivity index is 1.91. The highest BCUT2D eigenvalue weighted by atomic mass is 35.5. The van der Waals surface area contributed by atoms with Crippen molar-refractivity contribution < 1.29 is 9.47 Å². The van der Waals surface area contributed by atoms with Gasteiger partial charge in [-0.3, -0.25) is 0 Å². The first-order valence-corrected chi connectivity index (χ1v) is 7.86. The van der Waals surface area contributed by atoms with Gasteiger partial charge in [0.25, 0.3) is 0 Å². The average molecular weight is 320 g/mol. The molecule has 0 amide bonds. The Kier molecular flexibility index (Phi) is 6.56. The average Bonchev–Trinajstić information content (AvgIpc) is 2.55. The molecule has 4 heteroatoms. The second-order valence-corrected chi connectivity index (χ2v) is 5.36. The van der Waals surface area contributed by atoms with E-state index in [0.717, 1.165) is 25.1 Å². The van der Waals surface area contributed by atoms with E-state index in [1.165, 1.54) is 5.56 Å². The van der Waals surface area contributed by atoms with Gasteiger partial charge in [0.1, 0.15) is 0 Å². The largest absolute Gasteiger partial charge is 0.493 e. The summed E-state index contributed by atoms with van der Waals surface area (Å²) in [5, 5.41) is 4.01. The van der Waals surface area contributed by atoms with Gasteiger partial charge in [-0.15, -0.1) is 0 Å². The lowest BCUT2D eigenvalue weighted by Crippen LogP contribution is -2.16. The molecule has 118 valence electrons. The van der Waals surface area contributed by atoms with Crippen LogP contribution in [0.2, 0.25) is 5.02 Å². The van der Waals surface area contributed by atoms with Gasteiger partial charge < -0.3 is 14.8 Å². The summed E-state index contributed by atoms with van der Waals surface area (Å²) < 4.78 is 10.9. The molecule has 2 aromatic carbocycles. The molecule has 2 rings (SSSR count). The van der Waals surface area contributed by atoms with Crippen LogP contribution in [0.25, 0.3) is 0 Å². The van der Waals surface area contributed by atoms with Gasteiger partial charge in [0, 0.05) is 6.54 Å². The molecule has 3 nitrogen and oxygen atoms in total. The van der Waals surface area contributed by atoms with E-state index < -0.39 is 0 Å². The summed E-state index contributed by atoms with van der Waals surface area (Å²) in [7, 11) is 1.63. The summed E-state index contributed by atoms with van der Waals surface area (Å²) in [5.74, 6) is 1.29. The maximum atomic E-state index is 6.27. The van der Waals surface area contributed by atoms with Gasteiger partial charge in [-0.1, -0.05) is 41.9 Å². The third-order valence-corrected chi connectivity index (χ3v) is 3.62. The Hall–Kier alpha value is -1.71. The lowest BCUT2D eigenvalue weighted by molar-refractivity contribution is 0.311. The van der Waals surface area contributed by atoms with E-state index >= 15 is 0 Å². The summed E-state index contributed by atoms with van der Waals surface area (Å²) in [5.41, 5.74) is 2.41. The zero-order valence-electron chi connectivity index (χ0n) is 13.1. The molecule has 0 bridgehead atoms. The molecule has 0 atom stereocenters. The molecule has 0 aliphatic carbocycles. The fraction of sp³-hybridized carbons (Fsp3) is 0.333. The first-order valence-electron chi connectivity index (χ1n) is 7.48. The van der Waals surface area contributed by atoms with E-state index in [0.29, 0.717) is 23.1 Å². The summed E-state index contributed by atoms with van der Waals surface area (Å²) in [6, 6.07) is 14.3. The minimum absolute atomic E-state index is 0.560. The standard InChI is InChI=1S/C18H22ClNO2/c1-3-22-18-16(19)11-15(12-17(18)21-2)13-20-10-9-14-7-5-4-6-8-14/h4-8,11-12,20H,3,9-10,13H2,1-2H3. The first-order chi connectivity index (χ1) is 10.7. The third kappa shape index (κ3) is 4.65. The number of hydrogen-bond acceptors (Lipinski definition) is 3. The van der Waals surface area contributed by atoms with Crippen molar-refractivity contribution in [2.45, 2.75) is 19.9 Å². The number of benzene rings is 2. The highest BCUT2D eigenvalue weighted by molar-refractivity contribution is 6.32. The normalized spacial score (nSPS) is 10.5. The molecule has 0 spiro atoms. The predicted molar refractivity (Wildman–Crippen MR) is 91.0 cm³/mol. The minimum atomic E-state index is 0.560. The first kappa shape index (κ1) is 16.7. The highest BCUT2D eigenvalue weighted by Crippen LogP contribution is 2.36. The van der Waals surface area contributed by atoms with Crippen molar-refractivity contribution >= 4 is 11.6 Å². The smallest absolute Gasteiger partial charge is 0.179 e. The van der Waals surface area contributed by atoms with Crippen LogP contribution in [0.5, 0.6) is 11.5 Å². The number of nitrogens with one attached hydrogen (secondary N) is 1. The van der Waals surface area contributed by atoms with Gasteiger partial charge in [-0.05, 0) is 43.1 Å². The minimum Gasteiger partial charge on any atom is -0.493 e. The molecule has 0 fully saturated rings. The molecule has 0 radical (unpaired) electrons. The van der Waals surface area contributed by atoms with Crippen molar-refractivity contribution in [1.29, 1.82) is 0 Å². The molecule has 0 aromatic heterocycles. The molecule has 0 aliphatic heterocycles. The van der Waals surface area contributed by atoms with Gasteiger partial charge in [0.15, 0.2) is 11.5 Å². The number of rotatable bonds is 8. The van der Waals surface area contributed by atoms with Crippen LogP contribution in [0, 0.1) is 0 Å². The Bertz CT molecular complexity index is 587. The second-order valence-electron chi connectivity index (χ2n) is 4.95. The quantitative estimate of drug-likeness (QED) is 0.744. The van der Waals surface area contributed by atoms with Crippen molar-refractivity contribution in [2.24, 2.45) is 0 Å². The Morgan fingerprint density at radius 2 is 1.86 bits per heavy atom. The fourth-order valence-electron chi connectivity index (χ4n) is 2.27. The summed E-state index contributed by atoms with van der Waals surface area (Å²) in [6.07, 6.45) is 1.00. The van der Waals surface area contributed by atoms with Crippen molar-refractivity contribution in [1.82, 2.24) is 5.32 Å². The zero-order chi connectivity index (χ0) is 15.8. The summed E-state index contributed by atoms with van der Waals surface area (Å²) in [6.45, 7) is 4.14. The van der Waals surface area contributed by atoms with Crippen LogP contribution in [0.3, 0.4) is 0 Å². The Morgan fingerprint density at radius 1 is 1.09 bits per heavy atom. The molecule has 0 heterocycles. The van der Waals surface area contributed by atoms with Gasteiger partial charge in [0.2, 0.25) is 0 Å². The second kappa shape index (κ2) is 8.66.